The highest BCUT2D eigenvalue weighted by Crippen LogP contribution is 2.24. The third-order valence-corrected chi connectivity index (χ3v) is 1.70. The van der Waals surface area contributed by atoms with Crippen LogP contribution in [0.3, 0.4) is 0 Å². The summed E-state index contributed by atoms with van der Waals surface area (Å²) in [7, 11) is 0. The largest absolute Gasteiger partial charge is 0.298 e. The molecular formula is C10H8F2O. The molecule has 0 N–H and O–H groups in total. The summed E-state index contributed by atoms with van der Waals surface area (Å²) < 4.78 is 24.6. The van der Waals surface area contributed by atoms with E-state index in [4.69, 9.17) is 0 Å². The van der Waals surface area contributed by atoms with Gasteiger partial charge in [-0.2, -0.15) is 0 Å². The molecule has 3 heteroatoms. The second-order valence-electron chi connectivity index (χ2n) is 2.51. The zero-order chi connectivity index (χ0) is 9.84. The Hall–Kier alpha value is -1.51. The number of rotatable bonds is 3. The maximum Gasteiger partial charge on any atom is 0.264 e. The van der Waals surface area contributed by atoms with Gasteiger partial charge < -0.3 is 0 Å². The molecule has 1 rings (SSSR count). The van der Waals surface area contributed by atoms with Crippen molar-refractivity contribution in [1.82, 2.24) is 0 Å². The molecule has 1 nitrogen and oxygen atoms in total. The smallest absolute Gasteiger partial charge is 0.264 e. The molecule has 0 heterocycles. The third kappa shape index (κ3) is 1.99. The van der Waals surface area contributed by atoms with Crippen LogP contribution in [0, 0.1) is 0 Å². The van der Waals surface area contributed by atoms with Gasteiger partial charge in [0.1, 0.15) is 6.29 Å². The Bertz CT molecular complexity index is 332. The molecule has 1 aromatic rings. The summed E-state index contributed by atoms with van der Waals surface area (Å²) in [5.74, 6) is 0. The van der Waals surface area contributed by atoms with E-state index in [0.717, 1.165) is 0 Å². The summed E-state index contributed by atoms with van der Waals surface area (Å²) in [6, 6.07) is 3.99. The summed E-state index contributed by atoms with van der Waals surface area (Å²) in [4.78, 5) is 10.3. The lowest BCUT2D eigenvalue weighted by molar-refractivity contribution is 0.112. The molecule has 0 aliphatic heterocycles. The fourth-order valence-electron chi connectivity index (χ4n) is 1.04. The van der Waals surface area contributed by atoms with Gasteiger partial charge in [0.15, 0.2) is 0 Å². The Morgan fingerprint density at radius 3 is 2.54 bits per heavy atom. The van der Waals surface area contributed by atoms with Gasteiger partial charge in [0.2, 0.25) is 0 Å². The van der Waals surface area contributed by atoms with E-state index in [9.17, 15) is 13.6 Å². The third-order valence-electron chi connectivity index (χ3n) is 1.70. The average Bonchev–Trinajstić information content (AvgIpc) is 2.16. The molecule has 0 fully saturated rings. The molecule has 0 spiro atoms. The van der Waals surface area contributed by atoms with Crippen molar-refractivity contribution in [2.24, 2.45) is 0 Å². The predicted molar refractivity (Wildman–Crippen MR) is 46.9 cm³/mol. The van der Waals surface area contributed by atoms with Crippen LogP contribution in [-0.4, -0.2) is 6.29 Å². The van der Waals surface area contributed by atoms with Crippen LogP contribution >= 0.6 is 0 Å². The SMILES string of the molecule is C=Cc1cc(C=O)ccc1C(F)F. The zero-order valence-corrected chi connectivity index (χ0v) is 6.84. The van der Waals surface area contributed by atoms with Gasteiger partial charge >= 0.3 is 0 Å². The molecule has 1 aromatic carbocycles. The number of halogens is 2. The molecular weight excluding hydrogens is 174 g/mol. The summed E-state index contributed by atoms with van der Waals surface area (Å²) in [6.07, 6.45) is -0.606. The number of aldehydes is 1. The van der Waals surface area contributed by atoms with Crippen molar-refractivity contribution in [1.29, 1.82) is 0 Å². The summed E-state index contributed by atoms with van der Waals surface area (Å²) in [5.41, 5.74) is 0.583. The Morgan fingerprint density at radius 2 is 2.08 bits per heavy atom. The molecule has 0 bridgehead atoms. The van der Waals surface area contributed by atoms with E-state index in [1.165, 1.54) is 24.3 Å². The van der Waals surface area contributed by atoms with Gasteiger partial charge in [-0.1, -0.05) is 24.8 Å². The normalized spacial score (nSPS) is 10.1. The molecule has 0 aliphatic carbocycles. The van der Waals surface area contributed by atoms with Crippen molar-refractivity contribution in [3.05, 3.63) is 41.5 Å². The molecule has 0 saturated carbocycles. The fourth-order valence-corrected chi connectivity index (χ4v) is 1.04. The molecule has 0 saturated heterocycles. The number of alkyl halides is 2. The maximum absolute atomic E-state index is 12.3. The van der Waals surface area contributed by atoms with Gasteiger partial charge in [-0.25, -0.2) is 8.78 Å². The Labute approximate surface area is 74.7 Å². The molecule has 0 atom stereocenters. The van der Waals surface area contributed by atoms with E-state index in [1.54, 1.807) is 0 Å². The zero-order valence-electron chi connectivity index (χ0n) is 6.84. The minimum Gasteiger partial charge on any atom is -0.298 e. The van der Waals surface area contributed by atoms with Crippen molar-refractivity contribution in [2.75, 3.05) is 0 Å². The average molecular weight is 182 g/mol. The van der Waals surface area contributed by atoms with E-state index >= 15 is 0 Å². The van der Waals surface area contributed by atoms with Crippen molar-refractivity contribution in [3.63, 3.8) is 0 Å². The highest BCUT2D eigenvalue weighted by molar-refractivity contribution is 5.76. The van der Waals surface area contributed by atoms with E-state index < -0.39 is 6.43 Å². The van der Waals surface area contributed by atoms with Crippen LogP contribution in [0.2, 0.25) is 0 Å². The van der Waals surface area contributed by atoms with E-state index in [1.807, 2.05) is 0 Å². The molecule has 68 valence electrons. The van der Waals surface area contributed by atoms with Crippen LogP contribution in [0.1, 0.15) is 27.9 Å². The van der Waals surface area contributed by atoms with Crippen LogP contribution in [0.15, 0.2) is 24.8 Å². The molecule has 0 unspecified atom stereocenters. The summed E-state index contributed by atoms with van der Waals surface area (Å²) in [5, 5.41) is 0. The lowest BCUT2D eigenvalue weighted by atomic mass is 10.0. The lowest BCUT2D eigenvalue weighted by Crippen LogP contribution is -1.91. The number of carbonyl (C=O) groups excluding carboxylic acids is 1. The van der Waals surface area contributed by atoms with Crippen molar-refractivity contribution < 1.29 is 13.6 Å². The van der Waals surface area contributed by atoms with E-state index in [-0.39, 0.29) is 5.56 Å². The predicted octanol–water partition coefficient (Wildman–Crippen LogP) is 3.08. The van der Waals surface area contributed by atoms with Gasteiger partial charge in [0.25, 0.3) is 6.43 Å². The fraction of sp³-hybridized carbons (Fsp3) is 0.100. The highest BCUT2D eigenvalue weighted by atomic mass is 19.3. The molecule has 0 amide bonds. The standard InChI is InChI=1S/C10H8F2O/c1-2-8-5-7(6-13)3-4-9(8)10(11)12/h2-6,10H,1H2. The highest BCUT2D eigenvalue weighted by Gasteiger charge is 2.10. The first-order valence-corrected chi connectivity index (χ1v) is 3.68. The quantitative estimate of drug-likeness (QED) is 0.656. The van der Waals surface area contributed by atoms with Crippen LogP contribution in [-0.2, 0) is 0 Å². The van der Waals surface area contributed by atoms with E-state index in [0.29, 0.717) is 17.4 Å². The van der Waals surface area contributed by atoms with Gasteiger partial charge in [-0.05, 0) is 11.6 Å². The first kappa shape index (κ1) is 9.58. The molecule has 0 aromatic heterocycles. The number of hydrogen-bond donors (Lipinski definition) is 0. The number of carbonyl (C=O) groups is 1. The van der Waals surface area contributed by atoms with Crippen LogP contribution in [0.5, 0.6) is 0 Å². The second-order valence-corrected chi connectivity index (χ2v) is 2.51. The van der Waals surface area contributed by atoms with Crippen LogP contribution < -0.4 is 0 Å². The molecule has 13 heavy (non-hydrogen) atoms. The van der Waals surface area contributed by atoms with Crippen molar-refractivity contribution in [3.8, 4) is 0 Å². The first-order valence-electron chi connectivity index (χ1n) is 3.68. The minimum absolute atomic E-state index is 0.0967. The lowest BCUT2D eigenvalue weighted by Gasteiger charge is -2.04. The van der Waals surface area contributed by atoms with Gasteiger partial charge in [0, 0.05) is 11.1 Å². The van der Waals surface area contributed by atoms with E-state index in [2.05, 4.69) is 6.58 Å². The second kappa shape index (κ2) is 3.94. The molecule has 0 radical (unpaired) electrons. The Kier molecular flexibility index (Phi) is 2.90. The molecule has 0 aliphatic rings. The van der Waals surface area contributed by atoms with Gasteiger partial charge in [-0.3, -0.25) is 4.79 Å². The Morgan fingerprint density at radius 1 is 1.38 bits per heavy atom. The Balaban J connectivity index is 3.23. The van der Waals surface area contributed by atoms with Crippen molar-refractivity contribution in [2.45, 2.75) is 6.43 Å². The number of benzene rings is 1. The van der Waals surface area contributed by atoms with Crippen LogP contribution in [0.4, 0.5) is 8.78 Å². The van der Waals surface area contributed by atoms with Gasteiger partial charge in [-0.15, -0.1) is 0 Å². The first-order chi connectivity index (χ1) is 6.19. The topological polar surface area (TPSA) is 17.1 Å². The monoisotopic (exact) mass is 182 g/mol. The van der Waals surface area contributed by atoms with Crippen molar-refractivity contribution >= 4 is 12.4 Å². The number of hydrogen-bond acceptors (Lipinski definition) is 1. The summed E-state index contributed by atoms with van der Waals surface area (Å²) in [6.45, 7) is 3.40. The minimum atomic E-state index is -2.53. The van der Waals surface area contributed by atoms with Crippen LogP contribution in [0.25, 0.3) is 6.08 Å². The summed E-state index contributed by atoms with van der Waals surface area (Å²) >= 11 is 0. The maximum atomic E-state index is 12.3. The van der Waals surface area contributed by atoms with Gasteiger partial charge in [0.05, 0.1) is 0 Å².